The number of aliphatic hydroxyl groups excluding tert-OH is 1. The Bertz CT molecular complexity index is 851. The van der Waals surface area contributed by atoms with Crippen LogP contribution in [-0.2, 0) is 4.79 Å². The maximum Gasteiger partial charge on any atom is 0.290 e. The molecule has 2 aromatic rings. The van der Waals surface area contributed by atoms with Gasteiger partial charge in [0.1, 0.15) is 0 Å². The minimum atomic E-state index is -0.618. The zero-order valence-corrected chi connectivity index (χ0v) is 15.9. The van der Waals surface area contributed by atoms with E-state index in [9.17, 15) is 14.7 Å². The normalized spacial score (nSPS) is 17.3. The van der Waals surface area contributed by atoms with Crippen molar-refractivity contribution in [2.45, 2.75) is 19.4 Å². The first kappa shape index (κ1) is 18.9. The molecule has 142 valence electrons. The molecule has 0 saturated carbocycles. The summed E-state index contributed by atoms with van der Waals surface area (Å²) in [7, 11) is 4.09. The molecular weight excluding hydrogens is 344 g/mol. The molecule has 1 atom stereocenters. The van der Waals surface area contributed by atoms with Crippen molar-refractivity contribution in [3.63, 3.8) is 0 Å². The average molecular weight is 369 g/mol. The third-order valence-corrected chi connectivity index (χ3v) is 4.76. The fourth-order valence-corrected chi connectivity index (χ4v) is 3.35. The van der Waals surface area contributed by atoms with Gasteiger partial charge in [0, 0.05) is 13.0 Å². The first-order chi connectivity index (χ1) is 12.9. The lowest BCUT2D eigenvalue weighted by Crippen LogP contribution is -3.05. The van der Waals surface area contributed by atoms with E-state index in [1.807, 2.05) is 45.3 Å². The van der Waals surface area contributed by atoms with Gasteiger partial charge < -0.3 is 19.3 Å². The predicted octanol–water partition coefficient (Wildman–Crippen LogP) is 1.70. The van der Waals surface area contributed by atoms with Crippen molar-refractivity contribution in [1.82, 2.24) is 4.90 Å². The number of Topliss-reactive ketones (excluding diaryl/α,β-unsaturated/α-hetero) is 1. The maximum atomic E-state index is 12.9. The second-order valence-corrected chi connectivity index (χ2v) is 7.19. The van der Waals surface area contributed by atoms with E-state index in [1.54, 1.807) is 11.0 Å². The highest BCUT2D eigenvalue weighted by Gasteiger charge is 2.44. The van der Waals surface area contributed by atoms with Crippen LogP contribution in [0.2, 0.25) is 0 Å². The van der Waals surface area contributed by atoms with Gasteiger partial charge in [0.2, 0.25) is 5.78 Å². The topological polar surface area (TPSA) is 75.2 Å². The van der Waals surface area contributed by atoms with Crippen LogP contribution in [-0.4, -0.2) is 48.9 Å². The molecule has 6 nitrogen and oxygen atoms in total. The van der Waals surface area contributed by atoms with Crippen molar-refractivity contribution >= 4 is 11.7 Å². The Kier molecular flexibility index (Phi) is 5.46. The van der Waals surface area contributed by atoms with Gasteiger partial charge in [0.25, 0.3) is 5.91 Å². The lowest BCUT2D eigenvalue weighted by atomic mass is 9.94. The largest absolute Gasteiger partial charge is 0.503 e. The Morgan fingerprint density at radius 2 is 1.93 bits per heavy atom. The van der Waals surface area contributed by atoms with Gasteiger partial charge in [0.15, 0.2) is 11.5 Å². The fraction of sp³-hybridized carbons (Fsp3) is 0.333. The number of quaternary nitrogens is 1. The second-order valence-electron chi connectivity index (χ2n) is 7.19. The van der Waals surface area contributed by atoms with Gasteiger partial charge in [-0.2, -0.15) is 0 Å². The molecule has 3 rings (SSSR count). The van der Waals surface area contributed by atoms with Gasteiger partial charge in [-0.05, 0) is 24.6 Å². The standard InChI is InChI=1S/C21H24N2O4/c1-14-7-9-15(10-8-14)18-17(19(24)16-6-4-13-27-16)20(25)21(26)23(18)12-5-11-22(2)3/h4,6-10,13,18,25H,5,11-12H2,1-3H3/p+1. The zero-order chi connectivity index (χ0) is 19.6. The fourth-order valence-electron chi connectivity index (χ4n) is 3.35. The third kappa shape index (κ3) is 3.80. The molecule has 0 fully saturated rings. The highest BCUT2D eigenvalue weighted by molar-refractivity contribution is 6.14. The molecule has 1 unspecified atom stereocenters. The highest BCUT2D eigenvalue weighted by Crippen LogP contribution is 2.39. The van der Waals surface area contributed by atoms with E-state index in [4.69, 9.17) is 4.42 Å². The van der Waals surface area contributed by atoms with Crippen molar-refractivity contribution in [1.29, 1.82) is 0 Å². The van der Waals surface area contributed by atoms with E-state index >= 15 is 0 Å². The Morgan fingerprint density at radius 1 is 1.22 bits per heavy atom. The maximum absolute atomic E-state index is 12.9. The van der Waals surface area contributed by atoms with Crippen LogP contribution < -0.4 is 4.90 Å². The first-order valence-corrected chi connectivity index (χ1v) is 9.08. The molecule has 0 aliphatic carbocycles. The Morgan fingerprint density at radius 3 is 2.52 bits per heavy atom. The van der Waals surface area contributed by atoms with E-state index in [2.05, 4.69) is 0 Å². The molecule has 0 radical (unpaired) electrons. The summed E-state index contributed by atoms with van der Waals surface area (Å²) in [5.41, 5.74) is 1.96. The summed E-state index contributed by atoms with van der Waals surface area (Å²) in [6, 6.07) is 10.2. The monoisotopic (exact) mass is 369 g/mol. The molecule has 2 N–H and O–H groups in total. The van der Waals surface area contributed by atoms with Crippen LogP contribution in [0.3, 0.4) is 0 Å². The highest BCUT2D eigenvalue weighted by atomic mass is 16.3. The number of aliphatic hydroxyl groups is 1. The van der Waals surface area contributed by atoms with Crippen LogP contribution in [0.15, 0.2) is 58.4 Å². The Balaban J connectivity index is 1.99. The van der Waals surface area contributed by atoms with Crippen LogP contribution >= 0.6 is 0 Å². The van der Waals surface area contributed by atoms with E-state index in [1.165, 1.54) is 17.2 Å². The van der Waals surface area contributed by atoms with Gasteiger partial charge in [-0.25, -0.2) is 0 Å². The number of aryl methyl sites for hydroxylation is 1. The summed E-state index contributed by atoms with van der Waals surface area (Å²) >= 11 is 0. The number of hydrogen-bond donors (Lipinski definition) is 2. The number of hydrogen-bond acceptors (Lipinski definition) is 4. The van der Waals surface area contributed by atoms with Crippen molar-refractivity contribution in [2.75, 3.05) is 27.2 Å². The van der Waals surface area contributed by atoms with Gasteiger partial charge in [-0.1, -0.05) is 29.8 Å². The molecule has 1 aromatic carbocycles. The number of carbonyl (C=O) groups is 2. The van der Waals surface area contributed by atoms with Crippen molar-refractivity contribution in [3.05, 3.63) is 70.9 Å². The summed E-state index contributed by atoms with van der Waals surface area (Å²) in [6.07, 6.45) is 2.17. The SMILES string of the molecule is Cc1ccc(C2C(C(=O)c3ccco3)=C(O)C(=O)N2CCC[NH+](C)C)cc1. The molecule has 1 amide bonds. The third-order valence-electron chi connectivity index (χ3n) is 4.76. The molecule has 1 aliphatic rings. The smallest absolute Gasteiger partial charge is 0.290 e. The number of benzene rings is 1. The average Bonchev–Trinajstić information content (AvgIpc) is 3.25. The van der Waals surface area contributed by atoms with Gasteiger partial charge in [-0.3, -0.25) is 9.59 Å². The molecule has 0 saturated heterocycles. The second kappa shape index (κ2) is 7.80. The molecule has 6 heteroatoms. The zero-order valence-electron chi connectivity index (χ0n) is 15.9. The summed E-state index contributed by atoms with van der Waals surface area (Å²) in [4.78, 5) is 28.6. The van der Waals surface area contributed by atoms with E-state index in [0.717, 1.165) is 24.1 Å². The van der Waals surface area contributed by atoms with Crippen molar-refractivity contribution in [3.8, 4) is 0 Å². The lowest BCUT2D eigenvalue weighted by molar-refractivity contribution is -0.858. The van der Waals surface area contributed by atoms with E-state index < -0.39 is 23.5 Å². The number of ketones is 1. The number of nitrogens with one attached hydrogen (secondary N) is 1. The van der Waals surface area contributed by atoms with E-state index in [-0.39, 0.29) is 11.3 Å². The minimum absolute atomic E-state index is 0.0796. The Hall–Kier alpha value is -2.86. The predicted molar refractivity (Wildman–Crippen MR) is 101 cm³/mol. The number of rotatable bonds is 7. The lowest BCUT2D eigenvalue weighted by Gasteiger charge is -2.27. The van der Waals surface area contributed by atoms with Crippen LogP contribution in [0.25, 0.3) is 0 Å². The van der Waals surface area contributed by atoms with Gasteiger partial charge in [0.05, 0.1) is 38.5 Å². The molecule has 1 aromatic heterocycles. The van der Waals surface area contributed by atoms with Crippen molar-refractivity contribution < 1.29 is 24.0 Å². The molecular formula is C21H25N2O4+. The summed E-state index contributed by atoms with van der Waals surface area (Å²) < 4.78 is 5.21. The van der Waals surface area contributed by atoms with Crippen LogP contribution in [0.1, 0.15) is 34.1 Å². The molecule has 2 heterocycles. The van der Waals surface area contributed by atoms with Gasteiger partial charge >= 0.3 is 0 Å². The van der Waals surface area contributed by atoms with Crippen molar-refractivity contribution in [2.24, 2.45) is 0 Å². The minimum Gasteiger partial charge on any atom is -0.503 e. The number of furan rings is 1. The number of carbonyl (C=O) groups excluding carboxylic acids is 2. The van der Waals surface area contributed by atoms with Crippen LogP contribution in [0.4, 0.5) is 0 Å². The van der Waals surface area contributed by atoms with Gasteiger partial charge in [-0.15, -0.1) is 0 Å². The van der Waals surface area contributed by atoms with Crippen LogP contribution in [0, 0.1) is 6.92 Å². The quantitative estimate of drug-likeness (QED) is 0.729. The molecule has 27 heavy (non-hydrogen) atoms. The summed E-state index contributed by atoms with van der Waals surface area (Å²) in [5.74, 6) is -1.35. The van der Waals surface area contributed by atoms with E-state index in [0.29, 0.717) is 6.54 Å². The molecule has 1 aliphatic heterocycles. The Labute approximate surface area is 158 Å². The first-order valence-electron chi connectivity index (χ1n) is 9.08. The molecule has 0 spiro atoms. The summed E-state index contributed by atoms with van der Waals surface area (Å²) in [5, 5.41) is 10.5. The number of amides is 1. The molecule has 0 bridgehead atoms. The van der Waals surface area contributed by atoms with Crippen LogP contribution in [0.5, 0.6) is 0 Å². The summed E-state index contributed by atoms with van der Waals surface area (Å²) in [6.45, 7) is 3.32. The number of nitrogens with zero attached hydrogens (tertiary/aromatic N) is 1.